The average Bonchev–Trinajstić information content (AvgIpc) is 2.68. The molecular weight excluding hydrogens is 326 g/mol. The molecule has 1 amide bonds. The van der Waals surface area contributed by atoms with Gasteiger partial charge in [-0.1, -0.05) is 6.92 Å². The van der Waals surface area contributed by atoms with Crippen LogP contribution in [-0.2, 0) is 4.79 Å². The number of anilines is 3. The van der Waals surface area contributed by atoms with Crippen LogP contribution in [0.5, 0.6) is 5.75 Å². The second-order valence-electron chi connectivity index (χ2n) is 6.85. The lowest BCUT2D eigenvalue weighted by Gasteiger charge is -2.32. The number of piperidine rings is 1. The molecule has 0 unspecified atom stereocenters. The smallest absolute Gasteiger partial charge is 0.243 e. The summed E-state index contributed by atoms with van der Waals surface area (Å²) in [5.41, 5.74) is 2.93. The first-order chi connectivity index (χ1) is 12.6. The largest absolute Gasteiger partial charge is 0.497 e. The van der Waals surface area contributed by atoms with Gasteiger partial charge in [-0.25, -0.2) is 0 Å². The molecule has 5 heteroatoms. The van der Waals surface area contributed by atoms with E-state index in [0.717, 1.165) is 36.1 Å². The van der Waals surface area contributed by atoms with Gasteiger partial charge in [-0.15, -0.1) is 0 Å². The summed E-state index contributed by atoms with van der Waals surface area (Å²) in [4.78, 5) is 14.5. The zero-order valence-corrected chi connectivity index (χ0v) is 15.5. The van der Waals surface area contributed by atoms with Gasteiger partial charge < -0.3 is 20.3 Å². The van der Waals surface area contributed by atoms with Crippen molar-refractivity contribution in [1.82, 2.24) is 0 Å². The third-order valence-corrected chi connectivity index (χ3v) is 4.84. The first-order valence-electron chi connectivity index (χ1n) is 9.17. The molecule has 0 radical (unpaired) electrons. The van der Waals surface area contributed by atoms with E-state index in [9.17, 15) is 4.79 Å². The summed E-state index contributed by atoms with van der Waals surface area (Å²) in [5.74, 6) is 1.55. The Hall–Kier alpha value is -2.69. The fourth-order valence-electron chi connectivity index (χ4n) is 3.12. The number of carbonyl (C=O) groups is 1. The van der Waals surface area contributed by atoms with E-state index in [-0.39, 0.29) is 12.5 Å². The molecule has 1 aliphatic rings. The van der Waals surface area contributed by atoms with E-state index in [2.05, 4.69) is 34.6 Å². The van der Waals surface area contributed by atoms with Crippen LogP contribution in [0.1, 0.15) is 19.8 Å². The zero-order chi connectivity index (χ0) is 18.4. The number of rotatable bonds is 6. The van der Waals surface area contributed by atoms with E-state index < -0.39 is 0 Å². The lowest BCUT2D eigenvalue weighted by molar-refractivity contribution is -0.114. The Morgan fingerprint density at radius 3 is 2.27 bits per heavy atom. The topological polar surface area (TPSA) is 53.6 Å². The van der Waals surface area contributed by atoms with Gasteiger partial charge in [-0.3, -0.25) is 4.79 Å². The van der Waals surface area contributed by atoms with Gasteiger partial charge in [0.25, 0.3) is 0 Å². The highest BCUT2D eigenvalue weighted by molar-refractivity contribution is 5.93. The normalized spacial score (nSPS) is 14.8. The van der Waals surface area contributed by atoms with Crippen molar-refractivity contribution < 1.29 is 9.53 Å². The SMILES string of the molecule is COc1ccc(NCC(=O)Nc2ccc(N3CCC(C)CC3)cc2)cc1. The van der Waals surface area contributed by atoms with E-state index >= 15 is 0 Å². The summed E-state index contributed by atoms with van der Waals surface area (Å²) in [6, 6.07) is 15.6. The van der Waals surface area contributed by atoms with Crippen LogP contribution in [0.3, 0.4) is 0 Å². The molecule has 138 valence electrons. The molecule has 2 N–H and O–H groups in total. The van der Waals surface area contributed by atoms with Crippen molar-refractivity contribution in [1.29, 1.82) is 0 Å². The Kier molecular flexibility index (Phi) is 6.00. The molecule has 0 bridgehead atoms. The number of ether oxygens (including phenoxy) is 1. The molecule has 2 aromatic rings. The van der Waals surface area contributed by atoms with Crippen LogP contribution in [-0.4, -0.2) is 32.7 Å². The van der Waals surface area contributed by atoms with Crippen molar-refractivity contribution in [3.63, 3.8) is 0 Å². The summed E-state index contributed by atoms with van der Waals surface area (Å²) in [5, 5.41) is 6.03. The van der Waals surface area contributed by atoms with Gasteiger partial charge in [0.2, 0.25) is 5.91 Å². The van der Waals surface area contributed by atoms with Crippen LogP contribution in [0.15, 0.2) is 48.5 Å². The molecule has 0 atom stereocenters. The number of amides is 1. The van der Waals surface area contributed by atoms with Crippen molar-refractivity contribution >= 4 is 23.0 Å². The van der Waals surface area contributed by atoms with Crippen LogP contribution in [0.2, 0.25) is 0 Å². The van der Waals surface area contributed by atoms with E-state index in [0.29, 0.717) is 0 Å². The molecule has 3 rings (SSSR count). The molecule has 1 fully saturated rings. The van der Waals surface area contributed by atoms with Gasteiger partial charge in [0.05, 0.1) is 13.7 Å². The Labute approximate surface area is 155 Å². The second kappa shape index (κ2) is 8.61. The maximum absolute atomic E-state index is 12.1. The van der Waals surface area contributed by atoms with Crippen LogP contribution in [0, 0.1) is 5.92 Å². The maximum atomic E-state index is 12.1. The van der Waals surface area contributed by atoms with Gasteiger partial charge >= 0.3 is 0 Å². The minimum Gasteiger partial charge on any atom is -0.497 e. The zero-order valence-electron chi connectivity index (χ0n) is 15.5. The highest BCUT2D eigenvalue weighted by atomic mass is 16.5. The lowest BCUT2D eigenvalue weighted by atomic mass is 9.99. The summed E-state index contributed by atoms with van der Waals surface area (Å²) >= 11 is 0. The van der Waals surface area contributed by atoms with E-state index in [1.807, 2.05) is 36.4 Å². The molecule has 1 heterocycles. The number of methoxy groups -OCH3 is 1. The van der Waals surface area contributed by atoms with E-state index in [1.54, 1.807) is 7.11 Å². The Morgan fingerprint density at radius 1 is 1.04 bits per heavy atom. The fraction of sp³-hybridized carbons (Fsp3) is 0.381. The Bertz CT molecular complexity index is 705. The van der Waals surface area contributed by atoms with E-state index in [4.69, 9.17) is 4.74 Å². The van der Waals surface area contributed by atoms with Crippen LogP contribution in [0.25, 0.3) is 0 Å². The van der Waals surface area contributed by atoms with Crippen molar-refractivity contribution in [3.05, 3.63) is 48.5 Å². The molecule has 1 aliphatic heterocycles. The van der Waals surface area contributed by atoms with Crippen LogP contribution < -0.4 is 20.3 Å². The molecular formula is C21H27N3O2. The molecule has 0 spiro atoms. The number of benzene rings is 2. The predicted octanol–water partition coefficient (Wildman–Crippen LogP) is 3.98. The van der Waals surface area contributed by atoms with Gasteiger partial charge in [-0.2, -0.15) is 0 Å². The number of hydrogen-bond donors (Lipinski definition) is 2. The number of hydrogen-bond acceptors (Lipinski definition) is 4. The number of nitrogens with zero attached hydrogens (tertiary/aromatic N) is 1. The highest BCUT2D eigenvalue weighted by Gasteiger charge is 2.15. The third kappa shape index (κ3) is 4.91. The Morgan fingerprint density at radius 2 is 1.65 bits per heavy atom. The van der Waals surface area contributed by atoms with Gasteiger partial charge in [0.15, 0.2) is 0 Å². The van der Waals surface area contributed by atoms with Gasteiger partial charge in [0, 0.05) is 30.2 Å². The highest BCUT2D eigenvalue weighted by Crippen LogP contribution is 2.24. The Balaban J connectivity index is 1.47. The quantitative estimate of drug-likeness (QED) is 0.825. The van der Waals surface area contributed by atoms with Crippen molar-refractivity contribution in [2.75, 3.05) is 42.3 Å². The monoisotopic (exact) mass is 353 g/mol. The number of carbonyl (C=O) groups excluding carboxylic acids is 1. The lowest BCUT2D eigenvalue weighted by Crippen LogP contribution is -2.32. The summed E-state index contributed by atoms with van der Waals surface area (Å²) in [7, 11) is 1.63. The van der Waals surface area contributed by atoms with Crippen molar-refractivity contribution in [2.45, 2.75) is 19.8 Å². The third-order valence-electron chi connectivity index (χ3n) is 4.84. The molecule has 2 aromatic carbocycles. The first kappa shape index (κ1) is 18.1. The molecule has 0 saturated carbocycles. The number of nitrogens with one attached hydrogen (secondary N) is 2. The molecule has 1 saturated heterocycles. The molecule has 0 aromatic heterocycles. The van der Waals surface area contributed by atoms with Gasteiger partial charge in [-0.05, 0) is 67.3 Å². The van der Waals surface area contributed by atoms with E-state index in [1.165, 1.54) is 18.5 Å². The fourth-order valence-corrected chi connectivity index (χ4v) is 3.12. The summed E-state index contributed by atoms with van der Waals surface area (Å²) in [6.45, 7) is 4.76. The van der Waals surface area contributed by atoms with Crippen LogP contribution >= 0.6 is 0 Å². The van der Waals surface area contributed by atoms with Crippen molar-refractivity contribution in [2.24, 2.45) is 5.92 Å². The maximum Gasteiger partial charge on any atom is 0.243 e. The summed E-state index contributed by atoms with van der Waals surface area (Å²) < 4.78 is 5.12. The van der Waals surface area contributed by atoms with Gasteiger partial charge in [0.1, 0.15) is 5.75 Å². The minimum absolute atomic E-state index is 0.0691. The standard InChI is InChI=1S/C21H27N3O2/c1-16-11-13-24(14-12-16)19-7-3-18(4-8-19)23-21(25)15-22-17-5-9-20(26-2)10-6-17/h3-10,16,22H,11-15H2,1-2H3,(H,23,25). The molecule has 5 nitrogen and oxygen atoms in total. The molecule has 26 heavy (non-hydrogen) atoms. The first-order valence-corrected chi connectivity index (χ1v) is 9.17. The van der Waals surface area contributed by atoms with Crippen LogP contribution in [0.4, 0.5) is 17.1 Å². The second-order valence-corrected chi connectivity index (χ2v) is 6.85. The minimum atomic E-state index is -0.0691. The average molecular weight is 353 g/mol. The predicted molar refractivity (Wildman–Crippen MR) is 107 cm³/mol. The summed E-state index contributed by atoms with van der Waals surface area (Å²) in [6.07, 6.45) is 2.49. The van der Waals surface area contributed by atoms with Crippen molar-refractivity contribution in [3.8, 4) is 5.75 Å². The molecule has 0 aliphatic carbocycles.